The van der Waals surface area contributed by atoms with Gasteiger partial charge in [-0.25, -0.2) is 0 Å². The fourth-order valence-electron chi connectivity index (χ4n) is 1.82. The lowest BCUT2D eigenvalue weighted by atomic mass is 10.1. The van der Waals surface area contributed by atoms with Crippen molar-refractivity contribution >= 4 is 5.91 Å². The quantitative estimate of drug-likeness (QED) is 0.597. The first-order chi connectivity index (χ1) is 8.83. The molecule has 0 unspecified atom stereocenters. The number of hydrogen-bond donors (Lipinski definition) is 2. The van der Waals surface area contributed by atoms with Gasteiger partial charge in [-0.1, -0.05) is 13.3 Å². The molecule has 5 nitrogen and oxygen atoms in total. The van der Waals surface area contributed by atoms with E-state index in [1.165, 1.54) is 0 Å². The molecule has 106 valence electrons. The van der Waals surface area contributed by atoms with E-state index in [0.29, 0.717) is 13.2 Å². The first-order valence-corrected chi connectivity index (χ1v) is 6.98. The monoisotopic (exact) mass is 258 g/mol. The van der Waals surface area contributed by atoms with Gasteiger partial charge in [-0.2, -0.15) is 0 Å². The average molecular weight is 258 g/mol. The number of carbonyl (C=O) groups is 1. The second kappa shape index (κ2) is 10.3. The van der Waals surface area contributed by atoms with Crippen molar-refractivity contribution in [1.29, 1.82) is 0 Å². The van der Waals surface area contributed by atoms with Crippen LogP contribution in [0.15, 0.2) is 0 Å². The van der Waals surface area contributed by atoms with Crippen LogP contribution in [0.3, 0.4) is 0 Å². The summed E-state index contributed by atoms with van der Waals surface area (Å²) in [5.41, 5.74) is 0. The minimum Gasteiger partial charge on any atom is -0.381 e. The number of ether oxygens (including phenoxy) is 2. The Morgan fingerprint density at radius 1 is 1.33 bits per heavy atom. The van der Waals surface area contributed by atoms with Gasteiger partial charge in [0.2, 0.25) is 5.91 Å². The van der Waals surface area contributed by atoms with Crippen LogP contribution in [0.5, 0.6) is 0 Å². The minimum atomic E-state index is 0.0652. The van der Waals surface area contributed by atoms with Crippen molar-refractivity contribution in [3.8, 4) is 0 Å². The Labute approximate surface area is 110 Å². The average Bonchev–Trinajstić information content (AvgIpc) is 2.39. The molecule has 2 N–H and O–H groups in total. The van der Waals surface area contributed by atoms with E-state index >= 15 is 0 Å². The normalized spacial score (nSPS) is 16.7. The molecule has 1 fully saturated rings. The zero-order chi connectivity index (χ0) is 13.1. The van der Waals surface area contributed by atoms with Crippen LogP contribution in [0.1, 0.15) is 32.6 Å². The molecule has 0 aliphatic carbocycles. The van der Waals surface area contributed by atoms with Crippen molar-refractivity contribution in [3.63, 3.8) is 0 Å². The summed E-state index contributed by atoms with van der Waals surface area (Å²) in [6.45, 7) is 6.23. The summed E-state index contributed by atoms with van der Waals surface area (Å²) in [6, 6.07) is 0.286. The highest BCUT2D eigenvalue weighted by Crippen LogP contribution is 2.05. The van der Waals surface area contributed by atoms with Crippen LogP contribution in [0.2, 0.25) is 0 Å². The fraction of sp³-hybridized carbons (Fsp3) is 0.923. The Hall–Kier alpha value is -0.650. The molecule has 0 bridgehead atoms. The fourth-order valence-corrected chi connectivity index (χ4v) is 1.82. The zero-order valence-corrected chi connectivity index (χ0v) is 11.4. The van der Waals surface area contributed by atoms with Gasteiger partial charge in [-0.3, -0.25) is 4.79 Å². The standard InChI is InChI=1S/C13H26N2O3/c1-2-3-7-17-10-6-14-11-13(16)15-12-4-8-18-9-5-12/h12,14H,2-11H2,1H3,(H,15,16). The Balaban J connectivity index is 1.90. The molecule has 18 heavy (non-hydrogen) atoms. The van der Waals surface area contributed by atoms with Gasteiger partial charge >= 0.3 is 0 Å². The number of nitrogens with one attached hydrogen (secondary N) is 2. The first-order valence-electron chi connectivity index (χ1n) is 6.98. The molecule has 0 spiro atoms. The summed E-state index contributed by atoms with van der Waals surface area (Å²) in [5.74, 6) is 0.0652. The van der Waals surface area contributed by atoms with Gasteiger partial charge in [-0.05, 0) is 19.3 Å². The van der Waals surface area contributed by atoms with Gasteiger partial charge in [-0.15, -0.1) is 0 Å². The molecule has 0 saturated carbocycles. The predicted octanol–water partition coefficient (Wildman–Crippen LogP) is 0.688. The lowest BCUT2D eigenvalue weighted by Gasteiger charge is -2.23. The van der Waals surface area contributed by atoms with E-state index in [2.05, 4.69) is 17.6 Å². The van der Waals surface area contributed by atoms with Gasteiger partial charge < -0.3 is 20.1 Å². The number of hydrogen-bond acceptors (Lipinski definition) is 4. The summed E-state index contributed by atoms with van der Waals surface area (Å²) in [7, 11) is 0. The highest BCUT2D eigenvalue weighted by Gasteiger charge is 2.15. The van der Waals surface area contributed by atoms with E-state index in [-0.39, 0.29) is 11.9 Å². The maximum absolute atomic E-state index is 11.6. The number of carbonyl (C=O) groups excluding carboxylic acids is 1. The van der Waals surface area contributed by atoms with E-state index in [1.807, 2.05) is 0 Å². The van der Waals surface area contributed by atoms with Crippen LogP contribution in [0.25, 0.3) is 0 Å². The SMILES string of the molecule is CCCCOCCNCC(=O)NC1CCOCC1. The van der Waals surface area contributed by atoms with Crippen LogP contribution < -0.4 is 10.6 Å². The molecule has 1 aliphatic rings. The van der Waals surface area contributed by atoms with Crippen LogP contribution in [-0.2, 0) is 14.3 Å². The Morgan fingerprint density at radius 2 is 2.11 bits per heavy atom. The maximum atomic E-state index is 11.6. The smallest absolute Gasteiger partial charge is 0.234 e. The second-order valence-electron chi connectivity index (χ2n) is 4.60. The van der Waals surface area contributed by atoms with Crippen molar-refractivity contribution in [2.24, 2.45) is 0 Å². The van der Waals surface area contributed by atoms with Gasteiger partial charge in [0.1, 0.15) is 0 Å². The molecule has 0 aromatic carbocycles. The lowest BCUT2D eigenvalue weighted by Crippen LogP contribution is -2.43. The lowest BCUT2D eigenvalue weighted by molar-refractivity contribution is -0.121. The summed E-state index contributed by atoms with van der Waals surface area (Å²) in [5, 5.41) is 6.09. The Morgan fingerprint density at radius 3 is 2.83 bits per heavy atom. The van der Waals surface area contributed by atoms with Gasteiger partial charge in [0.05, 0.1) is 13.2 Å². The Bertz CT molecular complexity index is 218. The summed E-state index contributed by atoms with van der Waals surface area (Å²) in [6.07, 6.45) is 4.10. The predicted molar refractivity (Wildman–Crippen MR) is 70.6 cm³/mol. The van der Waals surface area contributed by atoms with Gasteiger partial charge in [0, 0.05) is 32.4 Å². The molecule has 0 atom stereocenters. The molecular weight excluding hydrogens is 232 g/mol. The van der Waals surface area contributed by atoms with E-state index in [1.54, 1.807) is 0 Å². The highest BCUT2D eigenvalue weighted by molar-refractivity contribution is 5.78. The number of amides is 1. The van der Waals surface area contributed by atoms with Gasteiger partial charge in [0.25, 0.3) is 0 Å². The first kappa shape index (κ1) is 15.4. The van der Waals surface area contributed by atoms with Gasteiger partial charge in [0.15, 0.2) is 0 Å². The van der Waals surface area contributed by atoms with Crippen LogP contribution >= 0.6 is 0 Å². The molecule has 0 radical (unpaired) electrons. The number of rotatable bonds is 9. The molecule has 0 aromatic rings. The topological polar surface area (TPSA) is 59.6 Å². The molecule has 1 amide bonds. The van der Waals surface area contributed by atoms with E-state index in [0.717, 1.165) is 52.0 Å². The largest absolute Gasteiger partial charge is 0.381 e. The third-order valence-corrected chi connectivity index (χ3v) is 2.94. The molecule has 1 aliphatic heterocycles. The van der Waals surface area contributed by atoms with Crippen molar-refractivity contribution in [1.82, 2.24) is 10.6 Å². The summed E-state index contributed by atoms with van der Waals surface area (Å²) >= 11 is 0. The van der Waals surface area contributed by atoms with Crippen LogP contribution in [0, 0.1) is 0 Å². The van der Waals surface area contributed by atoms with E-state index < -0.39 is 0 Å². The van der Waals surface area contributed by atoms with E-state index in [4.69, 9.17) is 9.47 Å². The van der Waals surface area contributed by atoms with Crippen molar-refractivity contribution in [3.05, 3.63) is 0 Å². The summed E-state index contributed by atoms with van der Waals surface area (Å²) in [4.78, 5) is 11.6. The third-order valence-electron chi connectivity index (χ3n) is 2.94. The minimum absolute atomic E-state index is 0.0652. The zero-order valence-electron chi connectivity index (χ0n) is 11.4. The van der Waals surface area contributed by atoms with Crippen molar-refractivity contribution in [2.45, 2.75) is 38.6 Å². The summed E-state index contributed by atoms with van der Waals surface area (Å²) < 4.78 is 10.6. The second-order valence-corrected chi connectivity index (χ2v) is 4.60. The molecule has 1 saturated heterocycles. The Kier molecular flexibility index (Phi) is 8.81. The van der Waals surface area contributed by atoms with E-state index in [9.17, 15) is 4.79 Å². The highest BCUT2D eigenvalue weighted by atomic mass is 16.5. The molecule has 1 rings (SSSR count). The van der Waals surface area contributed by atoms with Crippen molar-refractivity contribution in [2.75, 3.05) is 39.5 Å². The molecule has 0 aromatic heterocycles. The molecular formula is C13H26N2O3. The van der Waals surface area contributed by atoms with Crippen LogP contribution in [0.4, 0.5) is 0 Å². The van der Waals surface area contributed by atoms with Crippen molar-refractivity contribution < 1.29 is 14.3 Å². The molecule has 5 heteroatoms. The molecule has 1 heterocycles. The van der Waals surface area contributed by atoms with Crippen LogP contribution in [-0.4, -0.2) is 51.5 Å². The maximum Gasteiger partial charge on any atom is 0.234 e. The third kappa shape index (κ3) is 7.63. The number of unbranched alkanes of at least 4 members (excludes halogenated alkanes) is 1.